The summed E-state index contributed by atoms with van der Waals surface area (Å²) >= 11 is 1.61. The Kier molecular flexibility index (Phi) is 5.61. The highest BCUT2D eigenvalue weighted by molar-refractivity contribution is 7.13. The van der Waals surface area contributed by atoms with Crippen molar-refractivity contribution in [2.75, 3.05) is 37.6 Å². The van der Waals surface area contributed by atoms with Crippen LogP contribution in [0.2, 0.25) is 0 Å². The standard InChI is InChI=1S/C28H36N4O2S/c33-27-24-19-9-10-20(25(24)28(34)29-27)22(19)15-17-5-1-2-6-18(17)16-31-11-13-32(14-12-31)26-21-7-3-4-8-23(21)35-30-26/h3-4,7-8,17-20,22,24-25H,1-2,5-6,9-16H2,(H,29,33,34)/t17-,18+,19-,20+,22?,24+,25-/m1/s1. The molecule has 2 aliphatic heterocycles. The van der Waals surface area contributed by atoms with Crippen LogP contribution in [0.4, 0.5) is 5.82 Å². The van der Waals surface area contributed by atoms with Crippen molar-refractivity contribution in [2.45, 2.75) is 44.9 Å². The summed E-state index contributed by atoms with van der Waals surface area (Å²) < 4.78 is 6.06. The molecule has 3 heterocycles. The summed E-state index contributed by atoms with van der Waals surface area (Å²) in [6, 6.07) is 8.58. The van der Waals surface area contributed by atoms with Gasteiger partial charge in [-0.05, 0) is 78.9 Å². The summed E-state index contributed by atoms with van der Waals surface area (Å²) in [5.74, 6) is 4.24. The van der Waals surface area contributed by atoms with E-state index in [0.29, 0.717) is 17.8 Å². The van der Waals surface area contributed by atoms with Gasteiger partial charge in [0.25, 0.3) is 0 Å². The second kappa shape index (κ2) is 8.84. The Morgan fingerprint density at radius 1 is 0.886 bits per heavy atom. The third kappa shape index (κ3) is 3.72. The Morgan fingerprint density at radius 3 is 2.31 bits per heavy atom. The van der Waals surface area contributed by atoms with Gasteiger partial charge in [0, 0.05) is 38.1 Å². The van der Waals surface area contributed by atoms with Crippen LogP contribution in [0.5, 0.6) is 0 Å². The second-order valence-corrected chi connectivity index (χ2v) is 12.6. The van der Waals surface area contributed by atoms with E-state index < -0.39 is 0 Å². The van der Waals surface area contributed by atoms with E-state index in [9.17, 15) is 9.59 Å². The SMILES string of the molecule is O=C1NC(=O)[C@H]2[C@@H]1[C@@H]1CC[C@H]2C1C[C@H]1CCCC[C@H]1CN1CCN(c2nsc3ccccc23)CC1. The minimum atomic E-state index is -0.0110. The lowest BCUT2D eigenvalue weighted by Gasteiger charge is -2.41. The van der Waals surface area contributed by atoms with Gasteiger partial charge in [-0.2, -0.15) is 4.37 Å². The zero-order chi connectivity index (χ0) is 23.5. The van der Waals surface area contributed by atoms with E-state index in [0.717, 1.165) is 50.9 Å². The molecule has 0 spiro atoms. The van der Waals surface area contributed by atoms with Gasteiger partial charge in [-0.3, -0.25) is 19.8 Å². The van der Waals surface area contributed by atoms with Gasteiger partial charge in [0.2, 0.25) is 11.8 Å². The molecule has 1 aromatic heterocycles. The van der Waals surface area contributed by atoms with Crippen LogP contribution in [0, 0.1) is 41.4 Å². The number of nitrogens with one attached hydrogen (secondary N) is 1. The summed E-state index contributed by atoms with van der Waals surface area (Å²) in [6.07, 6.45) is 8.94. The molecule has 2 saturated heterocycles. The van der Waals surface area contributed by atoms with Crippen molar-refractivity contribution in [2.24, 2.45) is 41.4 Å². The molecule has 7 rings (SSSR count). The number of piperazine rings is 1. The van der Waals surface area contributed by atoms with Crippen molar-refractivity contribution in [3.8, 4) is 0 Å². The van der Waals surface area contributed by atoms with Crippen molar-refractivity contribution in [3.05, 3.63) is 24.3 Å². The fraction of sp³-hybridized carbons (Fsp3) is 0.679. The number of rotatable bonds is 5. The van der Waals surface area contributed by atoms with E-state index in [2.05, 4.69) is 39.4 Å². The van der Waals surface area contributed by atoms with Crippen molar-refractivity contribution in [3.63, 3.8) is 0 Å². The number of hydrogen-bond acceptors (Lipinski definition) is 6. The first-order valence-electron chi connectivity index (χ1n) is 13.8. The van der Waals surface area contributed by atoms with Crippen LogP contribution in [-0.2, 0) is 9.59 Å². The number of imide groups is 1. The lowest BCUT2D eigenvalue weighted by molar-refractivity contribution is -0.127. The average molecular weight is 493 g/mol. The third-order valence-corrected chi connectivity index (χ3v) is 11.1. The largest absolute Gasteiger partial charge is 0.353 e. The molecule has 2 aromatic rings. The molecular formula is C28H36N4O2S. The van der Waals surface area contributed by atoms with Crippen LogP contribution in [0.1, 0.15) is 44.9 Å². The molecule has 186 valence electrons. The summed E-state index contributed by atoms with van der Waals surface area (Å²) in [5.41, 5.74) is 0. The molecule has 2 bridgehead atoms. The Balaban J connectivity index is 0.990. The lowest BCUT2D eigenvalue weighted by Crippen LogP contribution is -2.49. The second-order valence-electron chi connectivity index (χ2n) is 11.8. The first kappa shape index (κ1) is 22.2. The third-order valence-electron chi connectivity index (χ3n) is 10.3. The zero-order valence-electron chi connectivity index (χ0n) is 20.4. The molecule has 5 aliphatic rings. The van der Waals surface area contributed by atoms with Crippen molar-refractivity contribution < 1.29 is 9.59 Å². The molecule has 1 N–H and O–H groups in total. The number of hydrogen-bond donors (Lipinski definition) is 1. The fourth-order valence-electron chi connectivity index (χ4n) is 8.67. The molecule has 7 heteroatoms. The van der Waals surface area contributed by atoms with Crippen molar-refractivity contribution in [1.82, 2.24) is 14.6 Å². The minimum absolute atomic E-state index is 0.0110. The number of benzene rings is 1. The van der Waals surface area contributed by atoms with Crippen molar-refractivity contribution in [1.29, 1.82) is 0 Å². The number of carbonyl (C=O) groups excluding carboxylic acids is 2. The number of fused-ring (bicyclic) bond motifs is 6. The maximum atomic E-state index is 12.5. The number of anilines is 1. The molecule has 1 unspecified atom stereocenters. The molecule has 6 nitrogen and oxygen atoms in total. The molecule has 3 saturated carbocycles. The van der Waals surface area contributed by atoms with Gasteiger partial charge in [0.15, 0.2) is 0 Å². The molecule has 3 aliphatic carbocycles. The maximum Gasteiger partial charge on any atom is 0.230 e. The Morgan fingerprint density at radius 2 is 1.57 bits per heavy atom. The van der Waals surface area contributed by atoms with E-state index in [1.807, 2.05) is 0 Å². The average Bonchev–Trinajstić information content (AvgIpc) is 3.63. The molecule has 2 amide bonds. The number of nitrogens with zero attached hydrogens (tertiary/aromatic N) is 3. The highest BCUT2D eigenvalue weighted by Crippen LogP contribution is 2.60. The summed E-state index contributed by atoms with van der Waals surface area (Å²) in [7, 11) is 0. The first-order chi connectivity index (χ1) is 17.2. The van der Waals surface area contributed by atoms with E-state index in [1.54, 1.807) is 11.5 Å². The van der Waals surface area contributed by atoms with E-state index in [4.69, 9.17) is 4.37 Å². The molecule has 5 fully saturated rings. The Labute approximate surface area is 211 Å². The molecule has 0 radical (unpaired) electrons. The van der Waals surface area contributed by atoms with Crippen molar-refractivity contribution >= 4 is 39.3 Å². The summed E-state index contributed by atoms with van der Waals surface area (Å²) in [5, 5.41) is 3.93. The fourth-order valence-corrected chi connectivity index (χ4v) is 9.46. The molecule has 35 heavy (non-hydrogen) atoms. The Hall–Kier alpha value is -1.99. The summed E-state index contributed by atoms with van der Waals surface area (Å²) in [4.78, 5) is 30.1. The van der Waals surface area contributed by atoms with Crippen LogP contribution in [0.25, 0.3) is 10.1 Å². The summed E-state index contributed by atoms with van der Waals surface area (Å²) in [6.45, 7) is 5.55. The number of aromatic nitrogens is 1. The van der Waals surface area contributed by atoms with Gasteiger partial charge >= 0.3 is 0 Å². The van der Waals surface area contributed by atoms with Gasteiger partial charge in [0.1, 0.15) is 5.82 Å². The predicted octanol–water partition coefficient (Wildman–Crippen LogP) is 4.16. The van der Waals surface area contributed by atoms with E-state index in [1.165, 1.54) is 54.6 Å². The maximum absolute atomic E-state index is 12.5. The van der Waals surface area contributed by atoms with Crippen LogP contribution in [-0.4, -0.2) is 53.8 Å². The predicted molar refractivity (Wildman–Crippen MR) is 138 cm³/mol. The number of amides is 2. The van der Waals surface area contributed by atoms with E-state index >= 15 is 0 Å². The van der Waals surface area contributed by atoms with Crippen LogP contribution in [0.3, 0.4) is 0 Å². The van der Waals surface area contributed by atoms with Gasteiger partial charge in [-0.25, -0.2) is 0 Å². The Bertz CT molecular complexity index is 1100. The monoisotopic (exact) mass is 492 g/mol. The normalized spacial score (nSPS) is 37.3. The van der Waals surface area contributed by atoms with E-state index in [-0.39, 0.29) is 23.7 Å². The van der Waals surface area contributed by atoms with Gasteiger partial charge < -0.3 is 4.90 Å². The minimum Gasteiger partial charge on any atom is -0.353 e. The molecular weight excluding hydrogens is 456 g/mol. The van der Waals surface area contributed by atoms with Gasteiger partial charge in [-0.15, -0.1) is 0 Å². The molecule has 7 atom stereocenters. The van der Waals surface area contributed by atoms with Crippen LogP contribution < -0.4 is 10.2 Å². The zero-order valence-corrected chi connectivity index (χ0v) is 21.2. The smallest absolute Gasteiger partial charge is 0.230 e. The van der Waals surface area contributed by atoms with Crippen LogP contribution >= 0.6 is 11.5 Å². The lowest BCUT2D eigenvalue weighted by atomic mass is 9.72. The van der Waals surface area contributed by atoms with Gasteiger partial charge in [-0.1, -0.05) is 31.4 Å². The quantitative estimate of drug-likeness (QED) is 0.635. The van der Waals surface area contributed by atoms with Crippen LogP contribution in [0.15, 0.2) is 24.3 Å². The topological polar surface area (TPSA) is 65.5 Å². The van der Waals surface area contributed by atoms with Gasteiger partial charge in [0.05, 0.1) is 16.5 Å². The first-order valence-corrected chi connectivity index (χ1v) is 14.6. The number of carbonyl (C=O) groups is 2. The molecule has 1 aromatic carbocycles. The highest BCUT2D eigenvalue weighted by Gasteiger charge is 2.62. The highest BCUT2D eigenvalue weighted by atomic mass is 32.1.